The molecule has 7 heteroatoms. The minimum Gasteiger partial charge on any atom is -0.390 e. The Morgan fingerprint density at radius 2 is 2.19 bits per heavy atom. The summed E-state index contributed by atoms with van der Waals surface area (Å²) in [4.78, 5) is 4.32. The molecule has 1 aliphatic heterocycles. The van der Waals surface area contributed by atoms with Crippen LogP contribution in [0.1, 0.15) is 33.1 Å². The van der Waals surface area contributed by atoms with Gasteiger partial charge in [0, 0.05) is 25.8 Å². The highest BCUT2D eigenvalue weighted by Crippen LogP contribution is 2.27. The van der Waals surface area contributed by atoms with E-state index in [1.807, 2.05) is 6.92 Å². The fraction of sp³-hybridized carbons (Fsp3) is 0.643. The number of hydrogen-bond donors (Lipinski definition) is 2. The van der Waals surface area contributed by atoms with Crippen LogP contribution in [-0.2, 0) is 10.0 Å². The van der Waals surface area contributed by atoms with E-state index in [1.165, 1.54) is 4.31 Å². The number of aromatic nitrogens is 1. The zero-order valence-corrected chi connectivity index (χ0v) is 13.4. The quantitative estimate of drug-likeness (QED) is 0.879. The first kappa shape index (κ1) is 16.2. The Bertz CT molecular complexity index is 587. The molecule has 1 unspecified atom stereocenters. The van der Waals surface area contributed by atoms with Crippen molar-refractivity contribution in [3.8, 4) is 0 Å². The second-order valence-corrected chi connectivity index (χ2v) is 7.54. The average Bonchev–Trinajstić information content (AvgIpc) is 2.61. The first-order valence-corrected chi connectivity index (χ1v) is 8.72. The summed E-state index contributed by atoms with van der Waals surface area (Å²) in [6, 6.07) is 3.20. The molecule has 1 aromatic heterocycles. The van der Waals surface area contributed by atoms with Crippen molar-refractivity contribution >= 4 is 15.8 Å². The molecule has 118 valence electrons. The van der Waals surface area contributed by atoms with Gasteiger partial charge in [-0.15, -0.1) is 0 Å². The van der Waals surface area contributed by atoms with Gasteiger partial charge in [-0.25, -0.2) is 13.4 Å². The van der Waals surface area contributed by atoms with E-state index < -0.39 is 15.6 Å². The van der Waals surface area contributed by atoms with E-state index in [9.17, 15) is 13.5 Å². The van der Waals surface area contributed by atoms with E-state index in [2.05, 4.69) is 10.3 Å². The van der Waals surface area contributed by atoms with Gasteiger partial charge in [0.25, 0.3) is 0 Å². The number of nitrogens with zero attached hydrogens (tertiary/aromatic N) is 2. The Hall–Kier alpha value is -1.18. The molecule has 2 heterocycles. The number of anilines is 1. The molecule has 1 atom stereocenters. The van der Waals surface area contributed by atoms with Crippen LogP contribution in [0, 0.1) is 0 Å². The van der Waals surface area contributed by atoms with E-state index >= 15 is 0 Å². The van der Waals surface area contributed by atoms with Crippen LogP contribution in [0.25, 0.3) is 0 Å². The summed E-state index contributed by atoms with van der Waals surface area (Å²) >= 11 is 0. The van der Waals surface area contributed by atoms with Gasteiger partial charge in [-0.05, 0) is 45.2 Å². The maximum Gasteiger partial charge on any atom is 0.246 e. The molecule has 1 aliphatic rings. The number of sulfonamides is 1. The van der Waals surface area contributed by atoms with Crippen molar-refractivity contribution in [2.24, 2.45) is 0 Å². The van der Waals surface area contributed by atoms with Crippen molar-refractivity contribution in [2.45, 2.75) is 43.6 Å². The molecule has 0 aromatic carbocycles. The van der Waals surface area contributed by atoms with Gasteiger partial charge in [0.2, 0.25) is 10.0 Å². The summed E-state index contributed by atoms with van der Waals surface area (Å²) in [5.41, 5.74) is -0.788. The summed E-state index contributed by atoms with van der Waals surface area (Å²) in [6.45, 7) is 5.02. The number of hydrogen-bond acceptors (Lipinski definition) is 5. The van der Waals surface area contributed by atoms with Gasteiger partial charge in [-0.1, -0.05) is 0 Å². The van der Waals surface area contributed by atoms with Crippen LogP contribution in [-0.4, -0.2) is 48.0 Å². The monoisotopic (exact) mass is 313 g/mol. The van der Waals surface area contributed by atoms with Gasteiger partial charge in [0.05, 0.1) is 5.60 Å². The maximum absolute atomic E-state index is 12.8. The highest BCUT2D eigenvalue weighted by molar-refractivity contribution is 7.89. The van der Waals surface area contributed by atoms with Crippen molar-refractivity contribution in [1.29, 1.82) is 0 Å². The standard InChI is InChI=1S/C14H23N3O3S/c1-3-15-13-12(6-4-9-16-13)21(19,20)17-10-5-7-14(2,18)8-11-17/h4,6,9,18H,3,5,7-8,10-11H2,1-2H3,(H,15,16). The van der Waals surface area contributed by atoms with Crippen molar-refractivity contribution in [3.05, 3.63) is 18.3 Å². The van der Waals surface area contributed by atoms with Gasteiger partial charge >= 0.3 is 0 Å². The average molecular weight is 313 g/mol. The molecule has 0 bridgehead atoms. The second kappa shape index (κ2) is 6.29. The minimum absolute atomic E-state index is 0.202. The zero-order valence-electron chi connectivity index (χ0n) is 12.5. The fourth-order valence-electron chi connectivity index (χ4n) is 2.52. The predicted octanol–water partition coefficient (Wildman–Crippen LogP) is 1.44. The van der Waals surface area contributed by atoms with Crippen molar-refractivity contribution in [1.82, 2.24) is 9.29 Å². The molecule has 0 radical (unpaired) electrons. The molecule has 1 fully saturated rings. The second-order valence-electron chi connectivity index (χ2n) is 5.64. The smallest absolute Gasteiger partial charge is 0.246 e. The van der Waals surface area contributed by atoms with E-state index in [0.29, 0.717) is 44.7 Å². The van der Waals surface area contributed by atoms with E-state index in [-0.39, 0.29) is 4.90 Å². The van der Waals surface area contributed by atoms with Crippen molar-refractivity contribution < 1.29 is 13.5 Å². The first-order chi connectivity index (χ1) is 9.87. The lowest BCUT2D eigenvalue weighted by molar-refractivity contribution is 0.0465. The molecular weight excluding hydrogens is 290 g/mol. The van der Waals surface area contributed by atoms with Gasteiger partial charge in [0.15, 0.2) is 0 Å². The fourth-order valence-corrected chi connectivity index (χ4v) is 4.12. The van der Waals surface area contributed by atoms with Gasteiger partial charge in [-0.3, -0.25) is 0 Å². The SMILES string of the molecule is CCNc1ncccc1S(=O)(=O)N1CCCC(C)(O)CC1. The molecule has 21 heavy (non-hydrogen) atoms. The molecule has 2 N–H and O–H groups in total. The summed E-state index contributed by atoms with van der Waals surface area (Å²) in [5, 5.41) is 13.1. The third-order valence-electron chi connectivity index (χ3n) is 3.76. The number of pyridine rings is 1. The summed E-state index contributed by atoms with van der Waals surface area (Å²) in [7, 11) is -3.59. The number of nitrogens with one attached hydrogen (secondary N) is 1. The molecule has 1 saturated heterocycles. The Morgan fingerprint density at radius 1 is 1.43 bits per heavy atom. The molecule has 0 aliphatic carbocycles. The van der Waals surface area contributed by atoms with E-state index in [1.54, 1.807) is 25.3 Å². The first-order valence-electron chi connectivity index (χ1n) is 7.28. The number of aliphatic hydroxyl groups is 1. The highest BCUT2D eigenvalue weighted by Gasteiger charge is 2.32. The van der Waals surface area contributed by atoms with Crippen LogP contribution >= 0.6 is 0 Å². The lowest BCUT2D eigenvalue weighted by Gasteiger charge is -2.23. The zero-order chi connectivity index (χ0) is 15.5. The lowest BCUT2D eigenvalue weighted by atomic mass is 9.98. The van der Waals surface area contributed by atoms with Crippen LogP contribution in [0.5, 0.6) is 0 Å². The van der Waals surface area contributed by atoms with Crippen LogP contribution in [0.2, 0.25) is 0 Å². The summed E-state index contributed by atoms with van der Waals surface area (Å²) < 4.78 is 27.1. The number of rotatable bonds is 4. The minimum atomic E-state index is -3.59. The van der Waals surface area contributed by atoms with E-state index in [4.69, 9.17) is 0 Å². The normalized spacial score (nSPS) is 24.5. The Balaban J connectivity index is 2.30. The van der Waals surface area contributed by atoms with Crippen molar-refractivity contribution in [3.63, 3.8) is 0 Å². The molecule has 0 amide bonds. The largest absolute Gasteiger partial charge is 0.390 e. The Labute approximate surface area is 126 Å². The maximum atomic E-state index is 12.8. The van der Waals surface area contributed by atoms with Crippen LogP contribution < -0.4 is 5.32 Å². The van der Waals surface area contributed by atoms with Gasteiger partial charge < -0.3 is 10.4 Å². The lowest BCUT2D eigenvalue weighted by Crippen LogP contribution is -2.34. The van der Waals surface area contributed by atoms with Crippen LogP contribution in [0.3, 0.4) is 0 Å². The molecule has 1 aromatic rings. The van der Waals surface area contributed by atoms with Gasteiger partial charge in [0.1, 0.15) is 10.7 Å². The summed E-state index contributed by atoms with van der Waals surface area (Å²) in [5.74, 6) is 0.385. The van der Waals surface area contributed by atoms with Gasteiger partial charge in [-0.2, -0.15) is 4.31 Å². The molecular formula is C14H23N3O3S. The van der Waals surface area contributed by atoms with Crippen LogP contribution in [0.4, 0.5) is 5.82 Å². The molecule has 0 spiro atoms. The third-order valence-corrected chi connectivity index (χ3v) is 5.69. The predicted molar refractivity (Wildman–Crippen MR) is 81.6 cm³/mol. The van der Waals surface area contributed by atoms with Crippen LogP contribution in [0.15, 0.2) is 23.2 Å². The topological polar surface area (TPSA) is 82.5 Å². The molecule has 6 nitrogen and oxygen atoms in total. The van der Waals surface area contributed by atoms with E-state index in [0.717, 1.165) is 0 Å². The molecule has 2 rings (SSSR count). The summed E-state index contributed by atoms with van der Waals surface area (Å²) in [6.07, 6.45) is 3.29. The highest BCUT2D eigenvalue weighted by atomic mass is 32.2. The Kier molecular flexibility index (Phi) is 4.85. The molecule has 0 saturated carbocycles. The third kappa shape index (κ3) is 3.72. The van der Waals surface area contributed by atoms with Crippen molar-refractivity contribution in [2.75, 3.05) is 25.0 Å². The Morgan fingerprint density at radius 3 is 2.90 bits per heavy atom.